The van der Waals surface area contributed by atoms with Gasteiger partial charge in [-0.2, -0.15) is 0 Å². The molecule has 0 aliphatic heterocycles. The molecule has 1 amide bonds. The van der Waals surface area contributed by atoms with Crippen LogP contribution in [0.25, 0.3) is 6.08 Å². The van der Waals surface area contributed by atoms with Crippen LogP contribution >= 0.6 is 0 Å². The average Bonchev–Trinajstić information content (AvgIpc) is 2.70. The van der Waals surface area contributed by atoms with E-state index in [1.54, 1.807) is 25.3 Å². The van der Waals surface area contributed by atoms with Crippen molar-refractivity contribution in [3.8, 4) is 11.5 Å². The van der Waals surface area contributed by atoms with Crippen LogP contribution in [0.4, 0.5) is 11.4 Å². The summed E-state index contributed by atoms with van der Waals surface area (Å²) in [6, 6.07) is 11.2. The molecule has 0 saturated carbocycles. The van der Waals surface area contributed by atoms with Crippen LogP contribution in [0.1, 0.15) is 31.7 Å². The zero-order valence-corrected chi connectivity index (χ0v) is 16.0. The Hall–Kier alpha value is -3.35. The normalized spacial score (nSPS) is 10.6. The Morgan fingerprint density at radius 1 is 1.18 bits per heavy atom. The van der Waals surface area contributed by atoms with Gasteiger partial charge in [-0.15, -0.1) is 0 Å². The van der Waals surface area contributed by atoms with Crippen LogP contribution in [0.5, 0.6) is 11.5 Å². The number of ether oxygens (including phenoxy) is 2. The van der Waals surface area contributed by atoms with E-state index < -0.39 is 4.92 Å². The first-order valence-corrected chi connectivity index (χ1v) is 9.08. The van der Waals surface area contributed by atoms with Gasteiger partial charge < -0.3 is 14.8 Å². The molecule has 0 aromatic heterocycles. The van der Waals surface area contributed by atoms with Gasteiger partial charge in [0.2, 0.25) is 5.91 Å². The molecule has 0 saturated heterocycles. The molecule has 7 heteroatoms. The van der Waals surface area contributed by atoms with Crippen LogP contribution in [0.3, 0.4) is 0 Å². The number of unbranched alkanes of at least 4 members (excludes halogenated alkanes) is 2. The van der Waals surface area contributed by atoms with Crippen molar-refractivity contribution in [1.29, 1.82) is 0 Å². The van der Waals surface area contributed by atoms with E-state index in [4.69, 9.17) is 9.47 Å². The van der Waals surface area contributed by atoms with Crippen molar-refractivity contribution >= 4 is 23.4 Å². The minimum Gasteiger partial charge on any atom is -0.493 e. The molecule has 2 aromatic carbocycles. The summed E-state index contributed by atoms with van der Waals surface area (Å²) < 4.78 is 11.1. The molecule has 0 radical (unpaired) electrons. The number of hydrogen-bond acceptors (Lipinski definition) is 5. The number of nitrogens with one attached hydrogen (secondary N) is 1. The molecule has 0 atom stereocenters. The quantitative estimate of drug-likeness (QED) is 0.274. The van der Waals surface area contributed by atoms with E-state index in [9.17, 15) is 14.9 Å². The van der Waals surface area contributed by atoms with Gasteiger partial charge in [0.05, 0.1) is 18.6 Å². The lowest BCUT2D eigenvalue weighted by molar-refractivity contribution is -0.384. The number of anilines is 1. The van der Waals surface area contributed by atoms with E-state index in [1.165, 1.54) is 24.3 Å². The molecule has 0 spiro atoms. The number of nitro benzene ring substituents is 1. The summed E-state index contributed by atoms with van der Waals surface area (Å²) in [7, 11) is 1.57. The number of carbonyl (C=O) groups is 1. The lowest BCUT2D eigenvalue weighted by Crippen LogP contribution is -2.07. The molecule has 0 aliphatic rings. The molecule has 28 heavy (non-hydrogen) atoms. The van der Waals surface area contributed by atoms with E-state index in [1.807, 2.05) is 12.1 Å². The molecule has 2 rings (SSSR count). The Bertz CT molecular complexity index is 848. The number of amides is 1. The number of rotatable bonds is 10. The Kier molecular flexibility index (Phi) is 8.02. The lowest BCUT2D eigenvalue weighted by atomic mass is 10.2. The number of hydrogen-bond donors (Lipinski definition) is 1. The summed E-state index contributed by atoms with van der Waals surface area (Å²) in [6.45, 7) is 2.77. The Labute approximate surface area is 164 Å². The van der Waals surface area contributed by atoms with Crippen LogP contribution < -0.4 is 14.8 Å². The zero-order valence-electron chi connectivity index (χ0n) is 16.0. The van der Waals surface area contributed by atoms with Gasteiger partial charge >= 0.3 is 0 Å². The number of non-ortho nitro benzene ring substituents is 1. The average molecular weight is 384 g/mol. The predicted molar refractivity (Wildman–Crippen MR) is 109 cm³/mol. The fourth-order valence-electron chi connectivity index (χ4n) is 2.49. The summed E-state index contributed by atoms with van der Waals surface area (Å²) in [6.07, 6.45) is 6.22. The van der Waals surface area contributed by atoms with Crippen LogP contribution in [0, 0.1) is 10.1 Å². The zero-order chi connectivity index (χ0) is 20.4. The van der Waals surface area contributed by atoms with E-state index >= 15 is 0 Å². The molecule has 0 fully saturated rings. The number of benzene rings is 2. The number of nitro groups is 1. The fraction of sp³-hybridized carbons (Fsp3) is 0.286. The molecule has 7 nitrogen and oxygen atoms in total. The molecule has 0 bridgehead atoms. The van der Waals surface area contributed by atoms with E-state index in [0.29, 0.717) is 23.8 Å². The second kappa shape index (κ2) is 10.7. The highest BCUT2D eigenvalue weighted by molar-refractivity contribution is 6.02. The number of nitrogens with zero attached hydrogens (tertiary/aromatic N) is 1. The second-order valence-corrected chi connectivity index (χ2v) is 6.10. The molecule has 0 unspecified atom stereocenters. The Morgan fingerprint density at radius 3 is 2.71 bits per heavy atom. The van der Waals surface area contributed by atoms with Gasteiger partial charge in [-0.25, -0.2) is 0 Å². The van der Waals surface area contributed by atoms with E-state index in [0.717, 1.165) is 24.8 Å². The van der Waals surface area contributed by atoms with Crippen molar-refractivity contribution in [2.24, 2.45) is 0 Å². The monoisotopic (exact) mass is 384 g/mol. The van der Waals surface area contributed by atoms with Crippen molar-refractivity contribution < 1.29 is 19.2 Å². The van der Waals surface area contributed by atoms with Gasteiger partial charge in [-0.1, -0.05) is 31.9 Å². The lowest BCUT2D eigenvalue weighted by Gasteiger charge is -2.11. The molecule has 148 valence electrons. The van der Waals surface area contributed by atoms with Gasteiger partial charge in [0.15, 0.2) is 11.5 Å². The molecule has 0 heterocycles. The summed E-state index contributed by atoms with van der Waals surface area (Å²) in [5.74, 6) is 0.869. The SMILES string of the molecule is CCCCCOc1ccc(/C=C/C(=O)Nc2cccc([N+](=O)[O-])c2)cc1OC. The van der Waals surface area contributed by atoms with Crippen LogP contribution in [0.15, 0.2) is 48.5 Å². The first-order valence-electron chi connectivity index (χ1n) is 9.08. The van der Waals surface area contributed by atoms with Crippen LogP contribution in [-0.2, 0) is 4.79 Å². The van der Waals surface area contributed by atoms with Crippen molar-refractivity contribution in [3.05, 3.63) is 64.2 Å². The number of methoxy groups -OCH3 is 1. The van der Waals surface area contributed by atoms with E-state index in [2.05, 4.69) is 12.2 Å². The predicted octanol–water partition coefficient (Wildman–Crippen LogP) is 4.82. The maximum absolute atomic E-state index is 12.1. The third-order valence-corrected chi connectivity index (χ3v) is 3.94. The highest BCUT2D eigenvalue weighted by atomic mass is 16.6. The van der Waals surface area contributed by atoms with Crippen LogP contribution in [0.2, 0.25) is 0 Å². The standard InChI is InChI=1S/C21H24N2O5/c1-3-4-5-13-28-19-11-9-16(14-20(19)27-2)10-12-21(24)22-17-7-6-8-18(15-17)23(25)26/h6-12,14-15H,3-5,13H2,1-2H3,(H,22,24)/b12-10+. The first kappa shape index (κ1) is 21.0. The molecular weight excluding hydrogens is 360 g/mol. The van der Waals surface area contributed by atoms with Crippen molar-refractivity contribution in [1.82, 2.24) is 0 Å². The maximum atomic E-state index is 12.1. The molecular formula is C21H24N2O5. The van der Waals surface area contributed by atoms with Gasteiger partial charge in [0.25, 0.3) is 5.69 Å². The second-order valence-electron chi connectivity index (χ2n) is 6.10. The fourth-order valence-corrected chi connectivity index (χ4v) is 2.49. The minimum atomic E-state index is -0.510. The highest BCUT2D eigenvalue weighted by Gasteiger charge is 2.07. The molecule has 1 N–H and O–H groups in total. The van der Waals surface area contributed by atoms with E-state index in [-0.39, 0.29) is 11.6 Å². The topological polar surface area (TPSA) is 90.7 Å². The van der Waals surface area contributed by atoms with Gasteiger partial charge in [-0.3, -0.25) is 14.9 Å². The molecule has 2 aromatic rings. The van der Waals surface area contributed by atoms with Crippen molar-refractivity contribution in [2.75, 3.05) is 19.0 Å². The van der Waals surface area contributed by atoms with Gasteiger partial charge in [0, 0.05) is 23.9 Å². The van der Waals surface area contributed by atoms with Crippen molar-refractivity contribution in [2.45, 2.75) is 26.2 Å². The van der Waals surface area contributed by atoms with Crippen LogP contribution in [-0.4, -0.2) is 24.5 Å². The third-order valence-electron chi connectivity index (χ3n) is 3.94. The summed E-state index contributed by atoms with van der Waals surface area (Å²) in [5, 5.41) is 13.4. The smallest absolute Gasteiger partial charge is 0.271 e. The summed E-state index contributed by atoms with van der Waals surface area (Å²) in [4.78, 5) is 22.3. The van der Waals surface area contributed by atoms with Gasteiger partial charge in [0.1, 0.15) is 0 Å². The Morgan fingerprint density at radius 2 is 2.00 bits per heavy atom. The molecule has 0 aliphatic carbocycles. The largest absolute Gasteiger partial charge is 0.493 e. The maximum Gasteiger partial charge on any atom is 0.271 e. The third kappa shape index (κ3) is 6.42. The highest BCUT2D eigenvalue weighted by Crippen LogP contribution is 2.28. The summed E-state index contributed by atoms with van der Waals surface area (Å²) >= 11 is 0. The first-order chi connectivity index (χ1) is 13.5. The number of carbonyl (C=O) groups excluding carboxylic acids is 1. The van der Waals surface area contributed by atoms with Crippen molar-refractivity contribution in [3.63, 3.8) is 0 Å². The Balaban J connectivity index is 1.99. The summed E-state index contributed by atoms with van der Waals surface area (Å²) in [5.41, 5.74) is 1.05. The van der Waals surface area contributed by atoms with Gasteiger partial charge in [-0.05, 0) is 36.3 Å². The minimum absolute atomic E-state index is 0.0824.